The van der Waals surface area contributed by atoms with Crippen molar-refractivity contribution in [3.8, 4) is 6.07 Å². The maximum Gasteiger partial charge on any atom is 0.180 e. The Morgan fingerprint density at radius 1 is 1.42 bits per heavy atom. The fourth-order valence-electron chi connectivity index (χ4n) is 1.54. The normalized spacial score (nSPS) is 20.2. The van der Waals surface area contributed by atoms with Crippen LogP contribution in [0.3, 0.4) is 0 Å². The van der Waals surface area contributed by atoms with Gasteiger partial charge in [0.15, 0.2) is 5.78 Å². The van der Waals surface area contributed by atoms with Crippen molar-refractivity contribution < 1.29 is 4.79 Å². The van der Waals surface area contributed by atoms with E-state index in [0.29, 0.717) is 6.42 Å². The Bertz CT molecular complexity index is 376. The summed E-state index contributed by atoms with van der Waals surface area (Å²) in [6.07, 6.45) is 0.589. The van der Waals surface area contributed by atoms with Crippen molar-refractivity contribution in [2.45, 2.75) is 6.42 Å². The molecule has 58 valence electrons. The highest BCUT2D eigenvalue weighted by Crippen LogP contribution is 2.25. The van der Waals surface area contributed by atoms with Gasteiger partial charge in [0.2, 0.25) is 0 Å². The van der Waals surface area contributed by atoms with E-state index >= 15 is 0 Å². The summed E-state index contributed by atoms with van der Waals surface area (Å²) in [5, 5.41) is 8.64. The van der Waals surface area contributed by atoms with E-state index < -0.39 is 5.92 Å². The Kier molecular flexibility index (Phi) is 1.44. The summed E-state index contributed by atoms with van der Waals surface area (Å²) in [6.45, 7) is 0. The van der Waals surface area contributed by atoms with Gasteiger partial charge in [-0.1, -0.05) is 24.3 Å². The number of carbonyl (C=O) groups excluding carboxylic acids is 1. The van der Waals surface area contributed by atoms with Crippen molar-refractivity contribution in [1.82, 2.24) is 0 Å². The molecule has 0 amide bonds. The Balaban J connectivity index is 2.51. The molecule has 2 nitrogen and oxygen atoms in total. The molecule has 1 aromatic rings. The molecule has 1 atom stereocenters. The molecule has 1 aromatic carbocycles. The van der Waals surface area contributed by atoms with Gasteiger partial charge in [-0.3, -0.25) is 4.79 Å². The molecule has 0 saturated heterocycles. The molecular formula is C10H7NO. The maximum atomic E-state index is 11.4. The molecule has 0 radical (unpaired) electrons. The molecular weight excluding hydrogens is 150 g/mol. The molecule has 0 aromatic heterocycles. The van der Waals surface area contributed by atoms with E-state index in [2.05, 4.69) is 0 Å². The quantitative estimate of drug-likeness (QED) is 0.573. The first-order valence-electron chi connectivity index (χ1n) is 3.84. The van der Waals surface area contributed by atoms with Crippen LogP contribution in [-0.4, -0.2) is 5.78 Å². The lowest BCUT2D eigenvalue weighted by atomic mass is 10.1. The predicted octanol–water partition coefficient (Wildman–Crippen LogP) is 1.57. The van der Waals surface area contributed by atoms with E-state index in [1.165, 1.54) is 0 Å². The van der Waals surface area contributed by atoms with E-state index in [1.807, 2.05) is 24.3 Å². The van der Waals surface area contributed by atoms with Crippen molar-refractivity contribution in [3.05, 3.63) is 35.4 Å². The average Bonchev–Trinajstić information content (AvgIpc) is 2.44. The molecule has 0 aliphatic heterocycles. The van der Waals surface area contributed by atoms with Crippen LogP contribution >= 0.6 is 0 Å². The molecule has 0 heterocycles. The van der Waals surface area contributed by atoms with Gasteiger partial charge in [-0.2, -0.15) is 5.26 Å². The summed E-state index contributed by atoms with van der Waals surface area (Å²) < 4.78 is 0. The number of fused-ring (bicyclic) bond motifs is 1. The number of benzene rings is 1. The lowest BCUT2D eigenvalue weighted by molar-refractivity contribution is 0.0963. The molecule has 0 N–H and O–H groups in total. The van der Waals surface area contributed by atoms with Crippen LogP contribution in [0.1, 0.15) is 15.9 Å². The number of ketones is 1. The van der Waals surface area contributed by atoms with Crippen LogP contribution in [0.15, 0.2) is 24.3 Å². The van der Waals surface area contributed by atoms with Crippen LogP contribution in [0.5, 0.6) is 0 Å². The lowest BCUT2D eigenvalue weighted by Gasteiger charge is -1.92. The highest BCUT2D eigenvalue weighted by atomic mass is 16.1. The average molecular weight is 157 g/mol. The van der Waals surface area contributed by atoms with Crippen molar-refractivity contribution in [1.29, 1.82) is 5.26 Å². The fraction of sp³-hybridized carbons (Fsp3) is 0.200. The minimum atomic E-state index is -0.442. The summed E-state index contributed by atoms with van der Waals surface area (Å²) in [5.74, 6) is -0.463. The van der Waals surface area contributed by atoms with Gasteiger partial charge in [-0.15, -0.1) is 0 Å². The predicted molar refractivity (Wildman–Crippen MR) is 43.6 cm³/mol. The molecule has 12 heavy (non-hydrogen) atoms. The molecule has 1 aliphatic rings. The molecule has 1 aliphatic carbocycles. The Labute approximate surface area is 70.4 Å². The number of Topliss-reactive ketones (excluding diaryl/α,β-unsaturated/α-hetero) is 1. The first-order valence-corrected chi connectivity index (χ1v) is 3.84. The first-order chi connectivity index (χ1) is 5.83. The summed E-state index contributed by atoms with van der Waals surface area (Å²) in [6, 6.07) is 9.43. The maximum absolute atomic E-state index is 11.4. The molecule has 0 fully saturated rings. The Hall–Kier alpha value is -1.62. The van der Waals surface area contributed by atoms with Gasteiger partial charge in [0.05, 0.1) is 6.07 Å². The minimum Gasteiger partial charge on any atom is -0.293 e. The molecule has 2 heteroatoms. The van der Waals surface area contributed by atoms with Gasteiger partial charge < -0.3 is 0 Å². The largest absolute Gasteiger partial charge is 0.293 e. The molecule has 2 rings (SSSR count). The van der Waals surface area contributed by atoms with Crippen LogP contribution in [-0.2, 0) is 6.42 Å². The number of carbonyl (C=O) groups is 1. The van der Waals surface area contributed by atoms with Crippen molar-refractivity contribution in [2.75, 3.05) is 0 Å². The van der Waals surface area contributed by atoms with E-state index in [4.69, 9.17) is 5.26 Å². The Morgan fingerprint density at radius 3 is 2.83 bits per heavy atom. The highest BCUT2D eigenvalue weighted by Gasteiger charge is 2.29. The number of nitrogens with zero attached hydrogens (tertiary/aromatic N) is 1. The van der Waals surface area contributed by atoms with Crippen molar-refractivity contribution in [2.24, 2.45) is 5.92 Å². The number of hydrogen-bond acceptors (Lipinski definition) is 2. The summed E-state index contributed by atoms with van der Waals surface area (Å²) in [7, 11) is 0. The lowest BCUT2D eigenvalue weighted by Crippen LogP contribution is -2.05. The van der Waals surface area contributed by atoms with Crippen LogP contribution in [0.4, 0.5) is 0 Å². The van der Waals surface area contributed by atoms with Crippen LogP contribution < -0.4 is 0 Å². The zero-order valence-corrected chi connectivity index (χ0v) is 6.45. The molecule has 0 saturated carbocycles. The SMILES string of the molecule is N#CC1Cc2ccccc2C1=O. The van der Waals surface area contributed by atoms with Crippen molar-refractivity contribution >= 4 is 5.78 Å². The van der Waals surface area contributed by atoms with Gasteiger partial charge in [0, 0.05) is 5.56 Å². The summed E-state index contributed by atoms with van der Waals surface area (Å²) in [4.78, 5) is 11.4. The molecule has 1 unspecified atom stereocenters. The second-order valence-electron chi connectivity index (χ2n) is 2.91. The summed E-state index contributed by atoms with van der Waals surface area (Å²) in [5.41, 5.74) is 1.73. The van der Waals surface area contributed by atoms with Crippen molar-refractivity contribution in [3.63, 3.8) is 0 Å². The summed E-state index contributed by atoms with van der Waals surface area (Å²) >= 11 is 0. The topological polar surface area (TPSA) is 40.9 Å². The Morgan fingerprint density at radius 2 is 2.17 bits per heavy atom. The third-order valence-corrected chi connectivity index (χ3v) is 2.18. The van der Waals surface area contributed by atoms with E-state index in [0.717, 1.165) is 11.1 Å². The standard InChI is InChI=1S/C10H7NO/c11-6-8-5-7-3-1-2-4-9(7)10(8)12/h1-4,8H,5H2. The third kappa shape index (κ3) is 0.835. The van der Waals surface area contributed by atoms with E-state index in [-0.39, 0.29) is 5.78 Å². The van der Waals surface area contributed by atoms with Crippen LogP contribution in [0.2, 0.25) is 0 Å². The highest BCUT2D eigenvalue weighted by molar-refractivity contribution is 6.03. The van der Waals surface area contributed by atoms with Crippen LogP contribution in [0.25, 0.3) is 0 Å². The zero-order valence-electron chi connectivity index (χ0n) is 6.45. The monoisotopic (exact) mass is 157 g/mol. The number of rotatable bonds is 0. The molecule has 0 spiro atoms. The van der Waals surface area contributed by atoms with Gasteiger partial charge in [0.1, 0.15) is 5.92 Å². The first kappa shape index (κ1) is 7.05. The third-order valence-electron chi connectivity index (χ3n) is 2.18. The number of nitriles is 1. The molecule has 0 bridgehead atoms. The number of hydrogen-bond donors (Lipinski definition) is 0. The minimum absolute atomic E-state index is 0.0203. The van der Waals surface area contributed by atoms with Gasteiger partial charge in [-0.05, 0) is 12.0 Å². The van der Waals surface area contributed by atoms with E-state index in [1.54, 1.807) is 6.07 Å². The second kappa shape index (κ2) is 2.46. The van der Waals surface area contributed by atoms with Gasteiger partial charge in [-0.25, -0.2) is 0 Å². The fourth-order valence-corrected chi connectivity index (χ4v) is 1.54. The van der Waals surface area contributed by atoms with Gasteiger partial charge >= 0.3 is 0 Å². The van der Waals surface area contributed by atoms with Crippen LogP contribution in [0, 0.1) is 17.2 Å². The second-order valence-corrected chi connectivity index (χ2v) is 2.91. The van der Waals surface area contributed by atoms with E-state index in [9.17, 15) is 4.79 Å². The zero-order chi connectivity index (χ0) is 8.55. The van der Waals surface area contributed by atoms with Gasteiger partial charge in [0.25, 0.3) is 0 Å². The smallest absolute Gasteiger partial charge is 0.180 e.